The fraction of sp³-hybridized carbons (Fsp3) is 0.167. The molecule has 0 saturated carbocycles. The van der Waals surface area contributed by atoms with Crippen molar-refractivity contribution in [3.63, 3.8) is 0 Å². The molecule has 1 amide bonds. The lowest BCUT2D eigenvalue weighted by atomic mass is 10.2. The van der Waals surface area contributed by atoms with Crippen LogP contribution in [0.1, 0.15) is 23.2 Å². The first-order valence-corrected chi connectivity index (χ1v) is 5.42. The van der Waals surface area contributed by atoms with Gasteiger partial charge >= 0.3 is 11.9 Å². The van der Waals surface area contributed by atoms with Crippen molar-refractivity contribution < 1.29 is 24.6 Å². The largest absolute Gasteiger partial charge is 0.481 e. The Morgan fingerprint density at radius 1 is 1.21 bits per heavy atom. The summed E-state index contributed by atoms with van der Waals surface area (Å²) in [5.41, 5.74) is 0.792. The van der Waals surface area contributed by atoms with E-state index in [-0.39, 0.29) is 30.0 Å². The van der Waals surface area contributed by atoms with Crippen LogP contribution in [0.5, 0.6) is 0 Å². The molecule has 19 heavy (non-hydrogen) atoms. The molecule has 0 saturated heterocycles. The predicted molar refractivity (Wildman–Crippen MR) is 65.2 cm³/mol. The van der Waals surface area contributed by atoms with E-state index >= 15 is 0 Å². The first-order valence-electron chi connectivity index (χ1n) is 5.42. The molecule has 0 fully saturated rings. The van der Waals surface area contributed by atoms with Gasteiger partial charge in [0, 0.05) is 0 Å². The topological polar surface area (TPSA) is 107 Å². The highest BCUT2D eigenvalue weighted by atomic mass is 16.4. The number of carbonyl (C=O) groups is 3. The van der Waals surface area contributed by atoms with Crippen molar-refractivity contribution >= 4 is 29.2 Å². The third-order valence-corrected chi connectivity index (χ3v) is 2.55. The zero-order valence-corrected chi connectivity index (χ0v) is 9.74. The first-order chi connectivity index (χ1) is 8.97. The third kappa shape index (κ3) is 2.76. The lowest BCUT2D eigenvalue weighted by Crippen LogP contribution is -2.19. The van der Waals surface area contributed by atoms with Crippen molar-refractivity contribution in [2.45, 2.75) is 12.8 Å². The second-order valence-corrected chi connectivity index (χ2v) is 3.97. The number of amides is 1. The predicted octanol–water partition coefficient (Wildman–Crippen LogP) is 0.952. The maximum Gasteiger partial charge on any atom is 0.335 e. The summed E-state index contributed by atoms with van der Waals surface area (Å²) >= 11 is 0. The van der Waals surface area contributed by atoms with Crippen LogP contribution >= 0.6 is 0 Å². The molecule has 1 aliphatic rings. The van der Waals surface area contributed by atoms with Crippen molar-refractivity contribution in [1.29, 1.82) is 0 Å². The quantitative estimate of drug-likeness (QED) is 0.840. The lowest BCUT2D eigenvalue weighted by Gasteiger charge is -2.11. The Morgan fingerprint density at radius 2 is 1.84 bits per heavy atom. The number of carboxylic acids is 2. The summed E-state index contributed by atoms with van der Waals surface area (Å²) in [7, 11) is 0. The van der Waals surface area contributed by atoms with E-state index in [2.05, 4.69) is 5.10 Å². The highest BCUT2D eigenvalue weighted by molar-refractivity contribution is 6.16. The number of nitrogens with zero attached hydrogens (tertiary/aromatic N) is 2. The summed E-state index contributed by atoms with van der Waals surface area (Å²) in [5.74, 6) is -2.44. The van der Waals surface area contributed by atoms with Gasteiger partial charge in [-0.25, -0.2) is 9.80 Å². The van der Waals surface area contributed by atoms with Gasteiger partial charge in [-0.05, 0) is 24.3 Å². The van der Waals surface area contributed by atoms with Crippen molar-refractivity contribution in [2.75, 3.05) is 5.01 Å². The van der Waals surface area contributed by atoms with Gasteiger partial charge in [0.1, 0.15) is 0 Å². The summed E-state index contributed by atoms with van der Waals surface area (Å²) < 4.78 is 0. The molecule has 0 radical (unpaired) electrons. The number of aliphatic carboxylic acids is 1. The Morgan fingerprint density at radius 3 is 2.37 bits per heavy atom. The van der Waals surface area contributed by atoms with Crippen LogP contribution in [0.25, 0.3) is 0 Å². The van der Waals surface area contributed by atoms with Crippen LogP contribution < -0.4 is 5.01 Å². The van der Waals surface area contributed by atoms with Crippen LogP contribution in [0.4, 0.5) is 5.69 Å². The molecule has 1 aromatic carbocycles. The van der Waals surface area contributed by atoms with Gasteiger partial charge in [-0.2, -0.15) is 5.10 Å². The van der Waals surface area contributed by atoms with Gasteiger partial charge in [-0.1, -0.05) is 0 Å². The molecule has 1 heterocycles. The lowest BCUT2D eigenvalue weighted by molar-refractivity contribution is -0.135. The molecule has 0 aromatic heterocycles. The molecule has 98 valence electrons. The molecule has 0 atom stereocenters. The highest BCUT2D eigenvalue weighted by Crippen LogP contribution is 2.21. The highest BCUT2D eigenvalue weighted by Gasteiger charge is 2.26. The standard InChI is InChI=1S/C12H10N2O5/c15-10-5-8(6-11(16)17)13-14(10)9-3-1-7(2-4-9)12(18)19/h1-4H,5-6H2,(H,16,17)(H,18,19). The van der Waals surface area contributed by atoms with E-state index in [0.29, 0.717) is 5.69 Å². The summed E-state index contributed by atoms with van der Waals surface area (Å²) in [4.78, 5) is 32.9. The first kappa shape index (κ1) is 12.7. The second kappa shape index (κ2) is 4.89. The maximum absolute atomic E-state index is 11.7. The Bertz CT molecular complexity index is 576. The molecule has 1 aromatic rings. The summed E-state index contributed by atoms with van der Waals surface area (Å²) in [6.07, 6.45) is -0.317. The van der Waals surface area contributed by atoms with E-state index in [1.807, 2.05) is 0 Å². The Balaban J connectivity index is 2.21. The second-order valence-electron chi connectivity index (χ2n) is 3.97. The van der Waals surface area contributed by atoms with Crippen LogP contribution in [0.15, 0.2) is 29.4 Å². The maximum atomic E-state index is 11.7. The minimum atomic E-state index is -1.06. The Kier molecular flexibility index (Phi) is 3.28. The molecule has 1 aliphatic heterocycles. The normalized spacial score (nSPS) is 14.4. The fourth-order valence-electron chi connectivity index (χ4n) is 1.70. The number of anilines is 1. The number of hydrogen-bond acceptors (Lipinski definition) is 4. The number of rotatable bonds is 4. The van der Waals surface area contributed by atoms with Gasteiger partial charge in [0.25, 0.3) is 5.91 Å². The number of carbonyl (C=O) groups excluding carboxylic acids is 1. The fourth-order valence-corrected chi connectivity index (χ4v) is 1.70. The van der Waals surface area contributed by atoms with Gasteiger partial charge in [-0.15, -0.1) is 0 Å². The average molecular weight is 262 g/mol. The van der Waals surface area contributed by atoms with Crippen molar-refractivity contribution in [3.05, 3.63) is 29.8 Å². The van der Waals surface area contributed by atoms with Gasteiger partial charge in [-0.3, -0.25) is 9.59 Å². The van der Waals surface area contributed by atoms with E-state index in [1.165, 1.54) is 24.3 Å². The van der Waals surface area contributed by atoms with Gasteiger partial charge in [0.05, 0.1) is 29.8 Å². The van der Waals surface area contributed by atoms with Crippen LogP contribution in [0.3, 0.4) is 0 Å². The van der Waals surface area contributed by atoms with Gasteiger partial charge in [0.2, 0.25) is 0 Å². The minimum absolute atomic E-state index is 0.0347. The molecule has 7 nitrogen and oxygen atoms in total. The van der Waals surface area contributed by atoms with Crippen molar-refractivity contribution in [3.8, 4) is 0 Å². The molecular formula is C12H10N2O5. The van der Waals surface area contributed by atoms with Crippen LogP contribution in [-0.4, -0.2) is 33.8 Å². The SMILES string of the molecule is O=C(O)CC1=NN(c2ccc(C(=O)O)cc2)C(=O)C1. The monoisotopic (exact) mass is 262 g/mol. The van der Waals surface area contributed by atoms with E-state index in [4.69, 9.17) is 10.2 Å². The molecule has 0 aliphatic carbocycles. The smallest absolute Gasteiger partial charge is 0.335 e. The zero-order chi connectivity index (χ0) is 14.0. The van der Waals surface area contributed by atoms with E-state index < -0.39 is 11.9 Å². The molecular weight excluding hydrogens is 252 g/mol. The number of hydrogen-bond donors (Lipinski definition) is 2. The number of carboxylic acid groups (broad SMARTS) is 2. The molecule has 0 bridgehead atoms. The summed E-state index contributed by atoms with van der Waals surface area (Å²) in [6.45, 7) is 0. The third-order valence-electron chi connectivity index (χ3n) is 2.55. The van der Waals surface area contributed by atoms with Crippen LogP contribution in [0, 0.1) is 0 Å². The van der Waals surface area contributed by atoms with E-state index in [1.54, 1.807) is 0 Å². The summed E-state index contributed by atoms with van der Waals surface area (Å²) in [5, 5.41) is 22.4. The molecule has 0 unspecified atom stereocenters. The molecule has 2 N–H and O–H groups in total. The Hall–Kier alpha value is -2.70. The Labute approximate surface area is 107 Å². The summed E-state index contributed by atoms with van der Waals surface area (Å²) in [6, 6.07) is 5.62. The zero-order valence-electron chi connectivity index (χ0n) is 9.74. The van der Waals surface area contributed by atoms with Crippen molar-refractivity contribution in [2.24, 2.45) is 5.10 Å². The number of benzene rings is 1. The van der Waals surface area contributed by atoms with E-state index in [0.717, 1.165) is 5.01 Å². The van der Waals surface area contributed by atoms with Crippen LogP contribution in [-0.2, 0) is 9.59 Å². The van der Waals surface area contributed by atoms with E-state index in [9.17, 15) is 14.4 Å². The van der Waals surface area contributed by atoms with Crippen molar-refractivity contribution in [1.82, 2.24) is 0 Å². The molecule has 2 rings (SSSR count). The van der Waals surface area contributed by atoms with Gasteiger partial charge < -0.3 is 10.2 Å². The number of hydrazone groups is 1. The molecule has 7 heteroatoms. The number of aromatic carboxylic acids is 1. The average Bonchev–Trinajstić information content (AvgIpc) is 2.69. The minimum Gasteiger partial charge on any atom is -0.481 e. The van der Waals surface area contributed by atoms with Crippen LogP contribution in [0.2, 0.25) is 0 Å². The van der Waals surface area contributed by atoms with Gasteiger partial charge in [0.15, 0.2) is 0 Å². The molecule has 0 spiro atoms.